The van der Waals surface area contributed by atoms with Crippen LogP contribution in [0.25, 0.3) is 0 Å². The molecule has 1 N–H and O–H groups in total. The summed E-state index contributed by atoms with van der Waals surface area (Å²) in [4.78, 5) is 11.1. The number of allylic oxidation sites excluding steroid dienone is 2. The molecule has 2 heteroatoms. The van der Waals surface area contributed by atoms with Gasteiger partial charge in [-0.15, -0.1) is 0 Å². The van der Waals surface area contributed by atoms with Gasteiger partial charge in [-0.25, -0.2) is 0 Å². The fourth-order valence-electron chi connectivity index (χ4n) is 3.48. The first-order chi connectivity index (χ1) is 6.83. The van der Waals surface area contributed by atoms with Gasteiger partial charge in [-0.2, -0.15) is 0 Å². The number of aliphatic carboxylic acids is 1. The van der Waals surface area contributed by atoms with Crippen molar-refractivity contribution in [1.82, 2.24) is 0 Å². The van der Waals surface area contributed by atoms with E-state index in [-0.39, 0.29) is 5.41 Å². The number of hydrogen-bond donors (Lipinski definition) is 1. The maximum Gasteiger partial charge on any atom is 0.309 e. The lowest BCUT2D eigenvalue weighted by Crippen LogP contribution is -2.34. The number of fused-ring (bicyclic) bond motifs is 2. The third-order valence-electron chi connectivity index (χ3n) is 4.22. The lowest BCUT2D eigenvalue weighted by Gasteiger charge is -2.37. The van der Waals surface area contributed by atoms with E-state index in [4.69, 9.17) is 5.11 Å². The van der Waals surface area contributed by atoms with Crippen molar-refractivity contribution < 1.29 is 9.90 Å². The third-order valence-corrected chi connectivity index (χ3v) is 4.22. The first-order valence-electron chi connectivity index (χ1n) is 5.75. The minimum atomic E-state index is -0.671. The standard InChI is InChI=1S/C13H20O2/c1-12(2,11(14)15)8-13(3)7-9-4-5-10(13)6-9/h4-5,9-10H,6-8H2,1-3H3,(H,14,15). The highest BCUT2D eigenvalue weighted by atomic mass is 16.4. The van der Waals surface area contributed by atoms with Crippen LogP contribution in [0.5, 0.6) is 0 Å². The highest BCUT2D eigenvalue weighted by molar-refractivity contribution is 5.73. The zero-order valence-electron chi connectivity index (χ0n) is 9.79. The zero-order valence-corrected chi connectivity index (χ0v) is 9.79. The summed E-state index contributed by atoms with van der Waals surface area (Å²) in [7, 11) is 0. The van der Waals surface area contributed by atoms with Crippen LogP contribution in [0.2, 0.25) is 0 Å². The molecule has 1 fully saturated rings. The summed E-state index contributed by atoms with van der Waals surface area (Å²) in [6.07, 6.45) is 7.81. The molecule has 3 unspecified atom stereocenters. The molecule has 0 spiro atoms. The number of carboxylic acids is 1. The van der Waals surface area contributed by atoms with Crippen molar-refractivity contribution in [2.24, 2.45) is 22.7 Å². The lowest BCUT2D eigenvalue weighted by atomic mass is 9.67. The maximum absolute atomic E-state index is 11.1. The van der Waals surface area contributed by atoms with Crippen molar-refractivity contribution in [2.45, 2.75) is 40.0 Å². The van der Waals surface area contributed by atoms with Gasteiger partial charge in [-0.1, -0.05) is 19.1 Å². The molecule has 0 aromatic heterocycles. The molecule has 0 heterocycles. The molecule has 84 valence electrons. The Hall–Kier alpha value is -0.790. The molecule has 0 aliphatic heterocycles. The Bertz CT molecular complexity index is 316. The Balaban J connectivity index is 2.13. The van der Waals surface area contributed by atoms with Crippen LogP contribution in [0.15, 0.2) is 12.2 Å². The molecular weight excluding hydrogens is 188 g/mol. The topological polar surface area (TPSA) is 37.3 Å². The van der Waals surface area contributed by atoms with E-state index >= 15 is 0 Å². The first-order valence-corrected chi connectivity index (χ1v) is 5.75. The zero-order chi connectivity index (χ0) is 11.3. The predicted molar refractivity (Wildman–Crippen MR) is 59.5 cm³/mol. The van der Waals surface area contributed by atoms with Crippen LogP contribution in [0.4, 0.5) is 0 Å². The van der Waals surface area contributed by atoms with Crippen LogP contribution >= 0.6 is 0 Å². The van der Waals surface area contributed by atoms with E-state index in [9.17, 15) is 4.79 Å². The average Bonchev–Trinajstić information content (AvgIpc) is 2.60. The quantitative estimate of drug-likeness (QED) is 0.724. The molecule has 2 bridgehead atoms. The Morgan fingerprint density at radius 1 is 1.53 bits per heavy atom. The van der Waals surface area contributed by atoms with Crippen molar-refractivity contribution in [1.29, 1.82) is 0 Å². The fraction of sp³-hybridized carbons (Fsp3) is 0.769. The summed E-state index contributed by atoms with van der Waals surface area (Å²) in [5.74, 6) is 0.654. The van der Waals surface area contributed by atoms with Gasteiger partial charge in [0.25, 0.3) is 0 Å². The van der Waals surface area contributed by atoms with E-state index in [1.54, 1.807) is 0 Å². The molecule has 15 heavy (non-hydrogen) atoms. The molecule has 0 saturated heterocycles. The Morgan fingerprint density at radius 3 is 2.60 bits per heavy atom. The average molecular weight is 208 g/mol. The second-order valence-electron chi connectivity index (χ2n) is 6.21. The van der Waals surface area contributed by atoms with Gasteiger partial charge in [0.15, 0.2) is 0 Å². The van der Waals surface area contributed by atoms with E-state index in [1.165, 1.54) is 12.8 Å². The molecule has 0 radical (unpaired) electrons. The normalized spacial score (nSPS) is 38.6. The number of hydrogen-bond acceptors (Lipinski definition) is 1. The SMILES string of the molecule is CC(C)(CC1(C)CC2C=CC1C2)C(=O)O. The van der Waals surface area contributed by atoms with Gasteiger partial charge in [0, 0.05) is 0 Å². The van der Waals surface area contributed by atoms with E-state index in [0.717, 1.165) is 6.42 Å². The summed E-state index contributed by atoms with van der Waals surface area (Å²) in [6.45, 7) is 5.94. The van der Waals surface area contributed by atoms with Crippen molar-refractivity contribution in [2.75, 3.05) is 0 Å². The van der Waals surface area contributed by atoms with Gasteiger partial charge >= 0.3 is 5.97 Å². The lowest BCUT2D eigenvalue weighted by molar-refractivity contribution is -0.149. The van der Waals surface area contributed by atoms with Crippen LogP contribution in [0.3, 0.4) is 0 Å². The number of rotatable bonds is 3. The smallest absolute Gasteiger partial charge is 0.309 e. The van der Waals surface area contributed by atoms with Crippen molar-refractivity contribution in [3.8, 4) is 0 Å². The molecule has 2 nitrogen and oxygen atoms in total. The van der Waals surface area contributed by atoms with Gasteiger partial charge in [0.2, 0.25) is 0 Å². The molecule has 2 aliphatic carbocycles. The molecule has 3 atom stereocenters. The van der Waals surface area contributed by atoms with Gasteiger partial charge in [-0.05, 0) is 50.4 Å². The molecule has 0 amide bonds. The highest BCUT2D eigenvalue weighted by Gasteiger charge is 2.48. The molecule has 1 saturated carbocycles. The van der Waals surface area contributed by atoms with Crippen LogP contribution in [-0.2, 0) is 4.79 Å². The third kappa shape index (κ3) is 1.70. The fourth-order valence-corrected chi connectivity index (χ4v) is 3.48. The first kappa shape index (κ1) is 10.7. The van der Waals surface area contributed by atoms with Gasteiger partial charge in [-0.3, -0.25) is 4.79 Å². The Labute approximate surface area is 91.4 Å². The summed E-state index contributed by atoms with van der Waals surface area (Å²) in [5.41, 5.74) is -0.381. The molecule has 0 aromatic rings. The van der Waals surface area contributed by atoms with Crippen LogP contribution in [0.1, 0.15) is 40.0 Å². The predicted octanol–water partition coefficient (Wildman–Crippen LogP) is 3.09. The largest absolute Gasteiger partial charge is 0.481 e. The van der Waals surface area contributed by atoms with Gasteiger partial charge < -0.3 is 5.11 Å². The number of carboxylic acid groups (broad SMARTS) is 1. The summed E-state index contributed by atoms with van der Waals surface area (Å²) < 4.78 is 0. The van der Waals surface area contributed by atoms with Gasteiger partial charge in [0.1, 0.15) is 0 Å². The van der Waals surface area contributed by atoms with Crippen molar-refractivity contribution in [3.05, 3.63) is 12.2 Å². The van der Waals surface area contributed by atoms with Crippen molar-refractivity contribution >= 4 is 5.97 Å². The molecular formula is C13H20O2. The van der Waals surface area contributed by atoms with Crippen LogP contribution < -0.4 is 0 Å². The monoisotopic (exact) mass is 208 g/mol. The summed E-state index contributed by atoms with van der Waals surface area (Å²) >= 11 is 0. The van der Waals surface area contributed by atoms with E-state index < -0.39 is 11.4 Å². The summed E-state index contributed by atoms with van der Waals surface area (Å²) in [5, 5.41) is 9.17. The van der Waals surface area contributed by atoms with Gasteiger partial charge in [0.05, 0.1) is 5.41 Å². The van der Waals surface area contributed by atoms with E-state index in [1.807, 2.05) is 13.8 Å². The van der Waals surface area contributed by atoms with E-state index in [0.29, 0.717) is 11.8 Å². The maximum atomic E-state index is 11.1. The number of carbonyl (C=O) groups is 1. The molecule has 2 aliphatic rings. The van der Waals surface area contributed by atoms with Crippen molar-refractivity contribution in [3.63, 3.8) is 0 Å². The Morgan fingerprint density at radius 2 is 2.20 bits per heavy atom. The van der Waals surface area contributed by atoms with Crippen LogP contribution in [0, 0.1) is 22.7 Å². The molecule has 2 rings (SSSR count). The summed E-state index contributed by atoms with van der Waals surface area (Å²) in [6, 6.07) is 0. The second kappa shape index (κ2) is 3.10. The Kier molecular flexibility index (Phi) is 2.21. The van der Waals surface area contributed by atoms with Crippen LogP contribution in [-0.4, -0.2) is 11.1 Å². The second-order valence-corrected chi connectivity index (χ2v) is 6.21. The highest BCUT2D eigenvalue weighted by Crippen LogP contribution is 2.56. The van der Waals surface area contributed by atoms with E-state index in [2.05, 4.69) is 19.1 Å². The minimum absolute atomic E-state index is 0.210. The minimum Gasteiger partial charge on any atom is -0.481 e. The molecule has 0 aromatic carbocycles.